The summed E-state index contributed by atoms with van der Waals surface area (Å²) < 4.78 is 66.3. The highest BCUT2D eigenvalue weighted by molar-refractivity contribution is 4.76. The van der Waals surface area contributed by atoms with Gasteiger partial charge in [0.1, 0.15) is 0 Å². The van der Waals surface area contributed by atoms with E-state index >= 15 is 0 Å². The van der Waals surface area contributed by atoms with Gasteiger partial charge in [-0.1, -0.05) is 19.3 Å². The SMILES string of the molecule is NC1CCCCC1.OC(F)(C(F)F)C(F)(F)F. The van der Waals surface area contributed by atoms with Gasteiger partial charge in [0.2, 0.25) is 0 Å². The average molecular weight is 267 g/mol. The van der Waals surface area contributed by atoms with Crippen LogP contribution in [0.2, 0.25) is 0 Å². The van der Waals surface area contributed by atoms with Gasteiger partial charge >= 0.3 is 18.5 Å². The van der Waals surface area contributed by atoms with Gasteiger partial charge in [0, 0.05) is 6.04 Å². The standard InChI is InChI=1S/C6H13N.C3H2F6O/c7-6-4-2-1-3-5-6;4-1(5)2(6,10)3(7,8)9/h6H,1-5,7H2;1,10H. The molecule has 0 saturated heterocycles. The summed E-state index contributed by atoms with van der Waals surface area (Å²) in [6.45, 7) is 0. The molecule has 1 saturated carbocycles. The summed E-state index contributed by atoms with van der Waals surface area (Å²) in [5, 5.41) is 7.39. The van der Waals surface area contributed by atoms with Crippen molar-refractivity contribution in [2.75, 3.05) is 0 Å². The molecule has 0 heterocycles. The number of hydrogen-bond donors (Lipinski definition) is 2. The fourth-order valence-corrected chi connectivity index (χ4v) is 1.26. The summed E-state index contributed by atoms with van der Waals surface area (Å²) in [6.07, 6.45) is -3.76. The van der Waals surface area contributed by atoms with Crippen LogP contribution >= 0.6 is 0 Å². The van der Waals surface area contributed by atoms with Gasteiger partial charge in [-0.2, -0.15) is 17.6 Å². The Morgan fingerprint density at radius 1 is 1.00 bits per heavy atom. The van der Waals surface area contributed by atoms with E-state index in [0.717, 1.165) is 0 Å². The van der Waals surface area contributed by atoms with Gasteiger partial charge in [-0.15, -0.1) is 0 Å². The van der Waals surface area contributed by atoms with Gasteiger partial charge in [-0.3, -0.25) is 0 Å². The van der Waals surface area contributed by atoms with Crippen molar-refractivity contribution < 1.29 is 31.4 Å². The van der Waals surface area contributed by atoms with E-state index in [2.05, 4.69) is 0 Å². The first-order chi connectivity index (χ1) is 7.59. The van der Waals surface area contributed by atoms with Crippen molar-refractivity contribution in [2.45, 2.75) is 56.6 Å². The van der Waals surface area contributed by atoms with Crippen LogP contribution in [0.25, 0.3) is 0 Å². The third kappa shape index (κ3) is 5.58. The Kier molecular flexibility index (Phi) is 6.25. The number of rotatable bonds is 1. The molecule has 0 spiro atoms. The third-order valence-electron chi connectivity index (χ3n) is 2.34. The maximum absolute atomic E-state index is 11.4. The van der Waals surface area contributed by atoms with E-state index in [1.165, 1.54) is 32.1 Å². The smallest absolute Gasteiger partial charge is 0.350 e. The monoisotopic (exact) mass is 267 g/mol. The molecule has 1 aliphatic carbocycles. The van der Waals surface area contributed by atoms with Crippen LogP contribution < -0.4 is 5.73 Å². The minimum absolute atomic E-state index is 0.536. The van der Waals surface area contributed by atoms with Gasteiger partial charge in [0.15, 0.2) is 0 Å². The lowest BCUT2D eigenvalue weighted by Crippen LogP contribution is -2.47. The number of hydrogen-bond acceptors (Lipinski definition) is 2. The second-order valence-electron chi connectivity index (χ2n) is 3.87. The summed E-state index contributed by atoms with van der Waals surface area (Å²) in [5.41, 5.74) is 5.63. The van der Waals surface area contributed by atoms with Crippen LogP contribution in [0.5, 0.6) is 0 Å². The number of alkyl halides is 6. The van der Waals surface area contributed by atoms with E-state index < -0.39 is 18.5 Å². The Morgan fingerprint density at radius 3 is 1.53 bits per heavy atom. The lowest BCUT2D eigenvalue weighted by molar-refractivity contribution is -0.352. The first-order valence-corrected chi connectivity index (χ1v) is 5.10. The molecule has 0 aromatic carbocycles. The Hall–Kier alpha value is -0.500. The van der Waals surface area contributed by atoms with E-state index in [4.69, 9.17) is 10.8 Å². The van der Waals surface area contributed by atoms with Crippen molar-refractivity contribution in [3.8, 4) is 0 Å². The highest BCUT2D eigenvalue weighted by Crippen LogP contribution is 2.36. The maximum atomic E-state index is 11.4. The molecule has 1 unspecified atom stereocenters. The van der Waals surface area contributed by atoms with E-state index in [-0.39, 0.29) is 0 Å². The van der Waals surface area contributed by atoms with Gasteiger partial charge in [-0.05, 0) is 12.8 Å². The summed E-state index contributed by atoms with van der Waals surface area (Å²) >= 11 is 0. The molecule has 1 fully saturated rings. The van der Waals surface area contributed by atoms with Crippen LogP contribution in [0.15, 0.2) is 0 Å². The molecule has 0 amide bonds. The molecule has 0 bridgehead atoms. The molecule has 0 radical (unpaired) electrons. The Balaban J connectivity index is 0.000000318. The van der Waals surface area contributed by atoms with Crippen molar-refractivity contribution in [2.24, 2.45) is 5.73 Å². The Bertz CT molecular complexity index is 212. The summed E-state index contributed by atoms with van der Waals surface area (Å²) in [5.74, 6) is -5.40. The van der Waals surface area contributed by atoms with Crippen molar-refractivity contribution in [3.05, 3.63) is 0 Å². The van der Waals surface area contributed by atoms with Crippen molar-refractivity contribution >= 4 is 0 Å². The minimum atomic E-state index is -5.94. The van der Waals surface area contributed by atoms with Gasteiger partial charge < -0.3 is 10.8 Å². The largest absolute Gasteiger partial charge is 0.454 e. The van der Waals surface area contributed by atoms with E-state index in [1.807, 2.05) is 0 Å². The van der Waals surface area contributed by atoms with E-state index in [9.17, 15) is 26.3 Å². The molecule has 3 N–H and O–H groups in total. The van der Waals surface area contributed by atoms with Crippen LogP contribution in [0, 0.1) is 0 Å². The molecule has 2 nitrogen and oxygen atoms in total. The normalized spacial score (nSPS) is 21.7. The zero-order valence-electron chi connectivity index (χ0n) is 8.98. The predicted octanol–water partition coefficient (Wildman–Crippen LogP) is 2.75. The molecule has 1 rings (SSSR count). The lowest BCUT2D eigenvalue weighted by Gasteiger charge is -2.20. The number of halogens is 6. The highest BCUT2D eigenvalue weighted by Gasteiger charge is 2.62. The van der Waals surface area contributed by atoms with Crippen LogP contribution in [0.1, 0.15) is 32.1 Å². The molecule has 0 aromatic rings. The fraction of sp³-hybridized carbons (Fsp3) is 1.00. The van der Waals surface area contributed by atoms with Crippen molar-refractivity contribution in [3.63, 3.8) is 0 Å². The first-order valence-electron chi connectivity index (χ1n) is 5.10. The summed E-state index contributed by atoms with van der Waals surface area (Å²) in [4.78, 5) is 0. The molecular weight excluding hydrogens is 252 g/mol. The first kappa shape index (κ1) is 16.5. The Morgan fingerprint density at radius 2 is 1.41 bits per heavy atom. The van der Waals surface area contributed by atoms with Crippen molar-refractivity contribution in [1.82, 2.24) is 0 Å². The Labute approximate surface area is 94.8 Å². The van der Waals surface area contributed by atoms with Crippen LogP contribution in [-0.2, 0) is 0 Å². The van der Waals surface area contributed by atoms with Gasteiger partial charge in [0.05, 0.1) is 0 Å². The average Bonchev–Trinajstić information content (AvgIpc) is 2.17. The lowest BCUT2D eigenvalue weighted by atomic mass is 9.97. The zero-order valence-corrected chi connectivity index (χ0v) is 8.98. The fourth-order valence-electron chi connectivity index (χ4n) is 1.26. The van der Waals surface area contributed by atoms with E-state index in [1.54, 1.807) is 0 Å². The summed E-state index contributed by atoms with van der Waals surface area (Å²) in [7, 11) is 0. The summed E-state index contributed by atoms with van der Waals surface area (Å²) in [6, 6.07) is 0.536. The van der Waals surface area contributed by atoms with Crippen LogP contribution in [0.4, 0.5) is 26.3 Å². The third-order valence-corrected chi connectivity index (χ3v) is 2.34. The molecule has 8 heteroatoms. The molecule has 17 heavy (non-hydrogen) atoms. The molecule has 0 aromatic heterocycles. The molecular formula is C9H15F6NO. The van der Waals surface area contributed by atoms with Crippen LogP contribution in [-0.4, -0.2) is 29.6 Å². The molecule has 1 atom stereocenters. The van der Waals surface area contributed by atoms with Crippen LogP contribution in [0.3, 0.4) is 0 Å². The van der Waals surface area contributed by atoms with Gasteiger partial charge in [-0.25, -0.2) is 8.78 Å². The zero-order chi connectivity index (χ0) is 13.7. The molecule has 1 aliphatic rings. The minimum Gasteiger partial charge on any atom is -0.350 e. The number of aliphatic hydroxyl groups is 1. The number of nitrogens with two attached hydrogens (primary N) is 1. The topological polar surface area (TPSA) is 46.2 Å². The second kappa shape index (κ2) is 6.44. The van der Waals surface area contributed by atoms with Gasteiger partial charge in [0.25, 0.3) is 0 Å². The van der Waals surface area contributed by atoms with Crippen molar-refractivity contribution in [1.29, 1.82) is 0 Å². The maximum Gasteiger partial charge on any atom is 0.454 e. The highest BCUT2D eigenvalue weighted by atomic mass is 19.4. The second-order valence-corrected chi connectivity index (χ2v) is 3.87. The molecule has 0 aliphatic heterocycles. The molecule has 104 valence electrons. The quantitative estimate of drug-likeness (QED) is 0.717. The van der Waals surface area contributed by atoms with E-state index in [0.29, 0.717) is 6.04 Å². The predicted molar refractivity (Wildman–Crippen MR) is 49.2 cm³/mol.